The Hall–Kier alpha value is -1.13. The molecular formula is C16H25NO3. The van der Waals surface area contributed by atoms with Gasteiger partial charge in [0, 0.05) is 11.8 Å². The summed E-state index contributed by atoms with van der Waals surface area (Å²) in [5.41, 5.74) is 2.52. The molecular weight excluding hydrogens is 254 g/mol. The number of hydrogen-bond donors (Lipinski definition) is 1. The van der Waals surface area contributed by atoms with Gasteiger partial charge in [0.2, 0.25) is 0 Å². The number of hydrogen-bond acceptors (Lipinski definition) is 4. The van der Waals surface area contributed by atoms with Crippen molar-refractivity contribution in [1.29, 1.82) is 0 Å². The van der Waals surface area contributed by atoms with Crippen LogP contribution in [0.5, 0.6) is 5.75 Å². The molecule has 2 rings (SSSR count). The van der Waals surface area contributed by atoms with Gasteiger partial charge in [-0.05, 0) is 13.3 Å². The Balaban J connectivity index is 1.83. The molecule has 0 fully saturated rings. The van der Waals surface area contributed by atoms with Crippen LogP contribution in [0.4, 0.5) is 0 Å². The van der Waals surface area contributed by atoms with Crippen LogP contribution in [0.1, 0.15) is 68.6 Å². The number of nitrogens with zero attached hydrogens (tertiary/aromatic N) is 1. The lowest BCUT2D eigenvalue weighted by atomic mass is 10.1. The molecule has 0 spiro atoms. The Morgan fingerprint density at radius 3 is 2.85 bits per heavy atom. The molecule has 0 amide bonds. The number of aryl methyl sites for hydroxylation is 1. The fourth-order valence-corrected chi connectivity index (χ4v) is 2.52. The summed E-state index contributed by atoms with van der Waals surface area (Å²) in [6, 6.07) is 0. The molecule has 1 aliphatic heterocycles. The summed E-state index contributed by atoms with van der Waals surface area (Å²) in [5.74, 6) is 0.709. The minimum absolute atomic E-state index is 0.414. The van der Waals surface area contributed by atoms with Crippen LogP contribution >= 0.6 is 0 Å². The van der Waals surface area contributed by atoms with Crippen LogP contribution in [-0.2, 0) is 11.3 Å². The third-order valence-electron chi connectivity index (χ3n) is 3.72. The monoisotopic (exact) mass is 279 g/mol. The number of rotatable bonds is 8. The Morgan fingerprint density at radius 1 is 1.30 bits per heavy atom. The van der Waals surface area contributed by atoms with Crippen molar-refractivity contribution in [2.45, 2.75) is 65.3 Å². The molecule has 4 heteroatoms. The van der Waals surface area contributed by atoms with Crippen LogP contribution in [0.25, 0.3) is 0 Å². The topological polar surface area (TPSA) is 51.6 Å². The number of aromatic nitrogens is 1. The highest BCUT2D eigenvalue weighted by molar-refractivity contribution is 5.44. The summed E-state index contributed by atoms with van der Waals surface area (Å²) in [6.07, 6.45) is 8.31. The van der Waals surface area contributed by atoms with Crippen LogP contribution < -0.4 is 4.74 Å². The zero-order valence-corrected chi connectivity index (χ0v) is 12.5. The molecule has 1 aromatic heterocycles. The first-order valence-corrected chi connectivity index (χ1v) is 7.65. The first-order chi connectivity index (χ1) is 9.74. The van der Waals surface area contributed by atoms with Gasteiger partial charge in [-0.2, -0.15) is 0 Å². The molecule has 2 heterocycles. The molecule has 1 unspecified atom stereocenters. The first kappa shape index (κ1) is 15.3. The number of ether oxygens (including phenoxy) is 2. The van der Waals surface area contributed by atoms with Gasteiger partial charge in [-0.3, -0.25) is 4.98 Å². The predicted octanol–water partition coefficient (Wildman–Crippen LogP) is 3.65. The molecule has 20 heavy (non-hydrogen) atoms. The number of aliphatic hydroxyl groups excluding tert-OH is 1. The van der Waals surface area contributed by atoms with E-state index >= 15 is 0 Å². The summed E-state index contributed by atoms with van der Waals surface area (Å²) in [6.45, 7) is 5.22. The van der Waals surface area contributed by atoms with Crippen molar-refractivity contribution < 1.29 is 14.6 Å². The smallest absolute Gasteiger partial charge is 0.185 e. The van der Waals surface area contributed by atoms with Crippen LogP contribution in [0.15, 0.2) is 6.20 Å². The first-order valence-electron chi connectivity index (χ1n) is 7.65. The van der Waals surface area contributed by atoms with Crippen LogP contribution in [-0.4, -0.2) is 16.7 Å². The normalized spacial score (nSPS) is 17.2. The van der Waals surface area contributed by atoms with Gasteiger partial charge in [0.05, 0.1) is 24.5 Å². The molecule has 0 saturated carbocycles. The minimum Gasteiger partial charge on any atom is -0.491 e. The molecule has 0 aromatic carbocycles. The maximum atomic E-state index is 9.86. The second-order valence-corrected chi connectivity index (χ2v) is 5.39. The van der Waals surface area contributed by atoms with E-state index in [1.54, 1.807) is 6.20 Å². The van der Waals surface area contributed by atoms with Crippen molar-refractivity contribution >= 4 is 0 Å². The number of fused-ring (bicyclic) bond motifs is 1. The van der Waals surface area contributed by atoms with E-state index in [1.165, 1.54) is 32.1 Å². The van der Waals surface area contributed by atoms with E-state index < -0.39 is 6.29 Å². The molecule has 0 saturated heterocycles. The fourth-order valence-electron chi connectivity index (χ4n) is 2.52. The average molecular weight is 279 g/mol. The van der Waals surface area contributed by atoms with Crippen molar-refractivity contribution in [3.8, 4) is 5.75 Å². The zero-order valence-electron chi connectivity index (χ0n) is 12.5. The molecule has 4 nitrogen and oxygen atoms in total. The lowest BCUT2D eigenvalue weighted by Crippen LogP contribution is -2.05. The second-order valence-electron chi connectivity index (χ2n) is 5.39. The van der Waals surface area contributed by atoms with Crippen molar-refractivity contribution in [3.63, 3.8) is 0 Å². The van der Waals surface area contributed by atoms with Crippen molar-refractivity contribution in [3.05, 3.63) is 23.0 Å². The number of unbranched alkanes of at least 4 members (excludes halogenated alkanes) is 5. The molecule has 1 aliphatic rings. The third kappa shape index (κ3) is 3.70. The van der Waals surface area contributed by atoms with Crippen molar-refractivity contribution in [2.75, 3.05) is 6.61 Å². The molecule has 1 atom stereocenters. The summed E-state index contributed by atoms with van der Waals surface area (Å²) >= 11 is 0. The van der Waals surface area contributed by atoms with Crippen LogP contribution in [0, 0.1) is 6.92 Å². The van der Waals surface area contributed by atoms with Crippen molar-refractivity contribution in [2.24, 2.45) is 0 Å². The van der Waals surface area contributed by atoms with Gasteiger partial charge in [-0.25, -0.2) is 0 Å². The Labute approximate surface area is 121 Å². The SMILES string of the molecule is CCCCCCCCOc1c(C)ncc2c1C(O)OC2. The largest absolute Gasteiger partial charge is 0.491 e. The molecule has 1 aromatic rings. The molecule has 0 radical (unpaired) electrons. The van der Waals surface area contributed by atoms with E-state index in [4.69, 9.17) is 9.47 Å². The molecule has 0 bridgehead atoms. The zero-order chi connectivity index (χ0) is 14.4. The van der Waals surface area contributed by atoms with Crippen LogP contribution in [0.2, 0.25) is 0 Å². The highest BCUT2D eigenvalue weighted by atomic mass is 16.6. The Kier molecular flexibility index (Phi) is 5.80. The lowest BCUT2D eigenvalue weighted by Gasteiger charge is -2.14. The third-order valence-corrected chi connectivity index (χ3v) is 3.72. The van der Waals surface area contributed by atoms with Gasteiger partial charge in [0.1, 0.15) is 5.75 Å². The van der Waals surface area contributed by atoms with Gasteiger partial charge in [-0.15, -0.1) is 0 Å². The number of pyridine rings is 1. The van der Waals surface area contributed by atoms with E-state index in [0.29, 0.717) is 19.0 Å². The Morgan fingerprint density at radius 2 is 2.05 bits per heavy atom. The van der Waals surface area contributed by atoms with E-state index in [2.05, 4.69) is 11.9 Å². The highest BCUT2D eigenvalue weighted by Gasteiger charge is 2.27. The fraction of sp³-hybridized carbons (Fsp3) is 0.688. The van der Waals surface area contributed by atoms with Gasteiger partial charge >= 0.3 is 0 Å². The van der Waals surface area contributed by atoms with E-state index in [-0.39, 0.29) is 0 Å². The maximum Gasteiger partial charge on any atom is 0.185 e. The van der Waals surface area contributed by atoms with E-state index in [0.717, 1.165) is 23.2 Å². The van der Waals surface area contributed by atoms with E-state index in [9.17, 15) is 5.11 Å². The maximum absolute atomic E-state index is 9.86. The standard InChI is InChI=1S/C16H25NO3/c1-3-4-5-6-7-8-9-19-15-12(2)17-10-13-11-20-16(18)14(13)15/h10,16,18H,3-9,11H2,1-2H3. The summed E-state index contributed by atoms with van der Waals surface area (Å²) in [7, 11) is 0. The average Bonchev–Trinajstić information content (AvgIpc) is 2.82. The van der Waals surface area contributed by atoms with Gasteiger partial charge in [-0.1, -0.05) is 39.0 Å². The van der Waals surface area contributed by atoms with Gasteiger partial charge in [0.15, 0.2) is 6.29 Å². The molecule has 112 valence electrons. The van der Waals surface area contributed by atoms with Crippen LogP contribution in [0.3, 0.4) is 0 Å². The van der Waals surface area contributed by atoms with Gasteiger partial charge in [0.25, 0.3) is 0 Å². The second kappa shape index (κ2) is 7.60. The molecule has 1 N–H and O–H groups in total. The van der Waals surface area contributed by atoms with Gasteiger partial charge < -0.3 is 14.6 Å². The van der Waals surface area contributed by atoms with Crippen molar-refractivity contribution in [1.82, 2.24) is 4.98 Å². The van der Waals surface area contributed by atoms with E-state index in [1.807, 2.05) is 6.92 Å². The Bertz CT molecular complexity index is 434. The quantitative estimate of drug-likeness (QED) is 0.738. The summed E-state index contributed by atoms with van der Waals surface area (Å²) < 4.78 is 11.1. The minimum atomic E-state index is -0.869. The predicted molar refractivity (Wildman–Crippen MR) is 77.6 cm³/mol. The molecule has 0 aliphatic carbocycles. The summed E-state index contributed by atoms with van der Waals surface area (Å²) in [5, 5.41) is 9.86. The highest BCUT2D eigenvalue weighted by Crippen LogP contribution is 2.37. The number of aliphatic hydroxyl groups is 1. The summed E-state index contributed by atoms with van der Waals surface area (Å²) in [4.78, 5) is 4.31. The lowest BCUT2D eigenvalue weighted by molar-refractivity contribution is -0.0927.